The molecule has 1 atom stereocenters. The zero-order valence-corrected chi connectivity index (χ0v) is 9.07. The van der Waals surface area contributed by atoms with Crippen molar-refractivity contribution in [3.8, 4) is 0 Å². The smallest absolute Gasteiger partial charge is 0.0936 e. The van der Waals surface area contributed by atoms with Crippen LogP contribution in [0.2, 0.25) is 4.34 Å². The molecule has 0 N–H and O–H groups in total. The fraction of sp³-hybridized carbons (Fsp3) is 0.556. The van der Waals surface area contributed by atoms with Crippen molar-refractivity contribution < 1.29 is 4.74 Å². The quantitative estimate of drug-likeness (QED) is 0.719. The molecule has 0 amide bonds. The SMILES string of the molecule is CN(Cc1ccc(Cl)s1)CC1CO1. The maximum Gasteiger partial charge on any atom is 0.0936 e. The van der Waals surface area contributed by atoms with Crippen molar-refractivity contribution in [1.82, 2.24) is 4.90 Å². The van der Waals surface area contributed by atoms with E-state index < -0.39 is 0 Å². The van der Waals surface area contributed by atoms with Gasteiger partial charge in [-0.25, -0.2) is 0 Å². The van der Waals surface area contributed by atoms with Crippen molar-refractivity contribution >= 4 is 22.9 Å². The highest BCUT2D eigenvalue weighted by molar-refractivity contribution is 7.16. The summed E-state index contributed by atoms with van der Waals surface area (Å²) >= 11 is 7.48. The van der Waals surface area contributed by atoms with Gasteiger partial charge in [0.25, 0.3) is 0 Å². The molecule has 0 radical (unpaired) electrons. The molecule has 0 spiro atoms. The zero-order valence-electron chi connectivity index (χ0n) is 7.50. The predicted molar refractivity (Wildman–Crippen MR) is 55.4 cm³/mol. The maximum atomic E-state index is 5.84. The molecule has 4 heteroatoms. The molecular weight excluding hydrogens is 206 g/mol. The summed E-state index contributed by atoms with van der Waals surface area (Å²) in [6.45, 7) is 2.92. The Morgan fingerprint density at radius 3 is 3.00 bits per heavy atom. The largest absolute Gasteiger partial charge is 0.372 e. The lowest BCUT2D eigenvalue weighted by Gasteiger charge is -2.13. The Labute approximate surface area is 87.1 Å². The Bertz CT molecular complexity index is 285. The van der Waals surface area contributed by atoms with Crippen LogP contribution in [-0.4, -0.2) is 31.2 Å². The van der Waals surface area contributed by atoms with Gasteiger partial charge >= 0.3 is 0 Å². The molecule has 0 bridgehead atoms. The van der Waals surface area contributed by atoms with Crippen molar-refractivity contribution in [2.75, 3.05) is 20.2 Å². The number of thiophene rings is 1. The average molecular weight is 218 g/mol. The van der Waals surface area contributed by atoms with Gasteiger partial charge in [-0.05, 0) is 19.2 Å². The minimum Gasteiger partial charge on any atom is -0.372 e. The first-order chi connectivity index (χ1) is 6.24. The number of hydrogen-bond donors (Lipinski definition) is 0. The first-order valence-corrected chi connectivity index (χ1v) is 5.48. The topological polar surface area (TPSA) is 15.8 Å². The van der Waals surface area contributed by atoms with Crippen LogP contribution >= 0.6 is 22.9 Å². The van der Waals surface area contributed by atoms with Crippen molar-refractivity contribution in [1.29, 1.82) is 0 Å². The third-order valence-corrected chi connectivity index (χ3v) is 3.19. The Morgan fingerprint density at radius 2 is 2.46 bits per heavy atom. The number of hydrogen-bond acceptors (Lipinski definition) is 3. The molecule has 1 fully saturated rings. The molecule has 2 nitrogen and oxygen atoms in total. The van der Waals surface area contributed by atoms with Gasteiger partial charge in [0.1, 0.15) is 0 Å². The number of rotatable bonds is 4. The standard InChI is InChI=1S/C9H12ClNOS/c1-11(4-7-6-12-7)5-8-2-3-9(10)13-8/h2-3,7H,4-6H2,1H3. The van der Waals surface area contributed by atoms with Crippen LogP contribution in [0.1, 0.15) is 4.88 Å². The van der Waals surface area contributed by atoms with Gasteiger partial charge in [0, 0.05) is 18.0 Å². The minimum atomic E-state index is 0.473. The molecule has 0 aromatic carbocycles. The molecule has 72 valence electrons. The number of likely N-dealkylation sites (N-methyl/N-ethyl adjacent to an activating group) is 1. The highest BCUT2D eigenvalue weighted by Crippen LogP contribution is 2.22. The summed E-state index contributed by atoms with van der Waals surface area (Å²) in [6.07, 6.45) is 0.473. The Balaban J connectivity index is 1.82. The van der Waals surface area contributed by atoms with Crippen LogP contribution in [-0.2, 0) is 11.3 Å². The normalized spacial score (nSPS) is 21.0. The summed E-state index contributed by atoms with van der Waals surface area (Å²) in [7, 11) is 2.11. The summed E-state index contributed by atoms with van der Waals surface area (Å²) in [5, 5.41) is 0. The van der Waals surface area contributed by atoms with E-state index in [0.29, 0.717) is 6.10 Å². The first kappa shape index (κ1) is 9.46. The van der Waals surface area contributed by atoms with Gasteiger partial charge in [-0.3, -0.25) is 4.90 Å². The lowest BCUT2D eigenvalue weighted by molar-refractivity contribution is 0.280. The molecular formula is C9H12ClNOS. The van der Waals surface area contributed by atoms with Gasteiger partial charge in [-0.2, -0.15) is 0 Å². The third-order valence-electron chi connectivity index (χ3n) is 1.97. The van der Waals surface area contributed by atoms with Crippen LogP contribution < -0.4 is 0 Å². The number of nitrogens with zero attached hydrogens (tertiary/aromatic N) is 1. The minimum absolute atomic E-state index is 0.473. The van der Waals surface area contributed by atoms with Crippen LogP contribution in [0.15, 0.2) is 12.1 Å². The van der Waals surface area contributed by atoms with Crippen LogP contribution in [0.3, 0.4) is 0 Å². The van der Waals surface area contributed by atoms with E-state index in [1.54, 1.807) is 11.3 Å². The van der Waals surface area contributed by atoms with E-state index in [2.05, 4.69) is 18.0 Å². The lowest BCUT2D eigenvalue weighted by Crippen LogP contribution is -2.22. The molecule has 2 heterocycles. The van der Waals surface area contributed by atoms with Gasteiger partial charge in [-0.15, -0.1) is 11.3 Å². The monoisotopic (exact) mass is 217 g/mol. The number of halogens is 1. The summed E-state index contributed by atoms with van der Waals surface area (Å²) < 4.78 is 6.02. The van der Waals surface area contributed by atoms with E-state index in [-0.39, 0.29) is 0 Å². The van der Waals surface area contributed by atoms with Crippen molar-refractivity contribution in [3.05, 3.63) is 21.3 Å². The van der Waals surface area contributed by atoms with Crippen molar-refractivity contribution in [3.63, 3.8) is 0 Å². The molecule has 1 saturated heterocycles. The van der Waals surface area contributed by atoms with Gasteiger partial charge in [0.05, 0.1) is 17.0 Å². The van der Waals surface area contributed by atoms with Crippen LogP contribution in [0.4, 0.5) is 0 Å². The fourth-order valence-corrected chi connectivity index (χ4v) is 2.46. The van der Waals surface area contributed by atoms with E-state index in [9.17, 15) is 0 Å². The van der Waals surface area contributed by atoms with Gasteiger partial charge in [0.2, 0.25) is 0 Å². The molecule has 1 aromatic heterocycles. The highest BCUT2D eigenvalue weighted by Gasteiger charge is 2.23. The first-order valence-electron chi connectivity index (χ1n) is 4.28. The average Bonchev–Trinajstić information content (AvgIpc) is 2.76. The summed E-state index contributed by atoms with van der Waals surface area (Å²) in [4.78, 5) is 3.58. The summed E-state index contributed by atoms with van der Waals surface area (Å²) in [5.74, 6) is 0. The van der Waals surface area contributed by atoms with Crippen LogP contribution in [0.5, 0.6) is 0 Å². The van der Waals surface area contributed by atoms with Crippen molar-refractivity contribution in [2.24, 2.45) is 0 Å². The lowest BCUT2D eigenvalue weighted by atomic mass is 10.4. The molecule has 0 aliphatic carbocycles. The second-order valence-corrected chi connectivity index (χ2v) is 5.16. The Morgan fingerprint density at radius 1 is 1.69 bits per heavy atom. The van der Waals surface area contributed by atoms with Crippen LogP contribution in [0, 0.1) is 0 Å². The van der Waals surface area contributed by atoms with E-state index >= 15 is 0 Å². The van der Waals surface area contributed by atoms with E-state index in [1.165, 1.54) is 4.88 Å². The predicted octanol–water partition coefficient (Wildman–Crippen LogP) is 2.23. The molecule has 1 unspecified atom stereocenters. The second kappa shape index (κ2) is 3.96. The Kier molecular flexibility index (Phi) is 2.89. The summed E-state index contributed by atoms with van der Waals surface area (Å²) in [5.41, 5.74) is 0. The van der Waals surface area contributed by atoms with Crippen LogP contribution in [0.25, 0.3) is 0 Å². The fourth-order valence-electron chi connectivity index (χ4n) is 1.29. The molecule has 1 aromatic rings. The Hall–Kier alpha value is -0.0900. The molecule has 2 rings (SSSR count). The summed E-state index contributed by atoms with van der Waals surface area (Å²) in [6, 6.07) is 4.03. The van der Waals surface area contributed by atoms with E-state index in [4.69, 9.17) is 16.3 Å². The molecule has 0 saturated carbocycles. The van der Waals surface area contributed by atoms with Gasteiger partial charge in [-0.1, -0.05) is 11.6 Å². The number of epoxide rings is 1. The third kappa shape index (κ3) is 2.95. The maximum absolute atomic E-state index is 5.84. The molecule has 1 aliphatic rings. The highest BCUT2D eigenvalue weighted by atomic mass is 35.5. The number of ether oxygens (including phenoxy) is 1. The van der Waals surface area contributed by atoms with E-state index in [1.807, 2.05) is 6.07 Å². The van der Waals surface area contributed by atoms with Gasteiger partial charge < -0.3 is 4.74 Å². The zero-order chi connectivity index (χ0) is 9.26. The van der Waals surface area contributed by atoms with E-state index in [0.717, 1.165) is 24.0 Å². The van der Waals surface area contributed by atoms with Gasteiger partial charge in [0.15, 0.2) is 0 Å². The van der Waals surface area contributed by atoms with Crippen molar-refractivity contribution in [2.45, 2.75) is 12.6 Å². The second-order valence-electron chi connectivity index (χ2n) is 3.36. The molecule has 1 aliphatic heterocycles. The molecule has 13 heavy (non-hydrogen) atoms.